The van der Waals surface area contributed by atoms with Gasteiger partial charge in [0.15, 0.2) is 0 Å². The first-order valence-corrected chi connectivity index (χ1v) is 14.6. The summed E-state index contributed by atoms with van der Waals surface area (Å²) in [6, 6.07) is 18.7. The highest BCUT2D eigenvalue weighted by molar-refractivity contribution is 7.92. The quantitative estimate of drug-likeness (QED) is 0.307. The van der Waals surface area contributed by atoms with Gasteiger partial charge in [0, 0.05) is 13.1 Å². The van der Waals surface area contributed by atoms with Crippen LogP contribution in [0, 0.1) is 0 Å². The third-order valence-corrected chi connectivity index (χ3v) is 8.26. The topological polar surface area (TPSA) is 114 Å². The van der Waals surface area contributed by atoms with Crippen LogP contribution in [0.15, 0.2) is 77.7 Å². The molecular weight excluding hydrogens is 546 g/mol. The standard InChI is InChI=1S/C30H37N3O7S/c1-6-18-31-30(35)22(2)32(20-23-10-9-11-25(19-23)39-4)29(34)21-33(27-12-7-8-13-28(27)40-5)41(36,37)26-16-14-24(38-3)15-17-26/h7-17,19,22H,6,18,20-21H2,1-5H3,(H,31,35)/t22-/m0/s1. The van der Waals surface area contributed by atoms with Gasteiger partial charge in [0.25, 0.3) is 10.0 Å². The number of hydrogen-bond acceptors (Lipinski definition) is 7. The van der Waals surface area contributed by atoms with Crippen molar-refractivity contribution in [1.29, 1.82) is 0 Å². The number of benzene rings is 3. The van der Waals surface area contributed by atoms with Gasteiger partial charge in [-0.05, 0) is 67.4 Å². The molecule has 1 N–H and O–H groups in total. The molecule has 220 valence electrons. The van der Waals surface area contributed by atoms with E-state index < -0.39 is 28.5 Å². The number of amides is 2. The normalized spacial score (nSPS) is 11.7. The Morgan fingerprint density at radius 3 is 2.20 bits per heavy atom. The van der Waals surface area contributed by atoms with E-state index in [-0.39, 0.29) is 28.8 Å². The summed E-state index contributed by atoms with van der Waals surface area (Å²) in [5, 5.41) is 2.82. The van der Waals surface area contributed by atoms with Crippen LogP contribution in [0.1, 0.15) is 25.8 Å². The second-order valence-electron chi connectivity index (χ2n) is 9.20. The number of para-hydroxylation sites is 2. The molecule has 1 atom stereocenters. The van der Waals surface area contributed by atoms with Gasteiger partial charge in [-0.2, -0.15) is 0 Å². The summed E-state index contributed by atoms with van der Waals surface area (Å²) in [6.07, 6.45) is 0.726. The minimum absolute atomic E-state index is 0.0370. The van der Waals surface area contributed by atoms with E-state index in [4.69, 9.17) is 14.2 Å². The fourth-order valence-corrected chi connectivity index (χ4v) is 5.59. The first kappa shape index (κ1) is 31.3. The van der Waals surface area contributed by atoms with Gasteiger partial charge >= 0.3 is 0 Å². The van der Waals surface area contributed by atoms with Gasteiger partial charge in [-0.1, -0.05) is 31.2 Å². The Morgan fingerprint density at radius 1 is 0.878 bits per heavy atom. The van der Waals surface area contributed by atoms with Crippen molar-refractivity contribution in [2.24, 2.45) is 0 Å². The highest BCUT2D eigenvalue weighted by Gasteiger charge is 2.33. The second-order valence-corrected chi connectivity index (χ2v) is 11.1. The number of methoxy groups -OCH3 is 3. The van der Waals surface area contributed by atoms with E-state index in [1.807, 2.05) is 13.0 Å². The van der Waals surface area contributed by atoms with Crippen molar-refractivity contribution in [3.8, 4) is 17.2 Å². The predicted molar refractivity (Wildman–Crippen MR) is 157 cm³/mol. The van der Waals surface area contributed by atoms with Crippen LogP contribution in [0.5, 0.6) is 17.2 Å². The molecule has 3 rings (SSSR count). The van der Waals surface area contributed by atoms with E-state index in [1.165, 1.54) is 50.5 Å². The van der Waals surface area contributed by atoms with Crippen LogP contribution < -0.4 is 23.8 Å². The van der Waals surface area contributed by atoms with E-state index in [9.17, 15) is 18.0 Å². The Morgan fingerprint density at radius 2 is 1.56 bits per heavy atom. The van der Waals surface area contributed by atoms with E-state index in [0.717, 1.165) is 16.3 Å². The minimum atomic E-state index is -4.25. The van der Waals surface area contributed by atoms with Crippen molar-refractivity contribution in [1.82, 2.24) is 10.2 Å². The van der Waals surface area contributed by atoms with Gasteiger partial charge in [-0.3, -0.25) is 13.9 Å². The van der Waals surface area contributed by atoms with Crippen LogP contribution >= 0.6 is 0 Å². The Hall–Kier alpha value is -4.25. The third-order valence-electron chi connectivity index (χ3n) is 6.48. The summed E-state index contributed by atoms with van der Waals surface area (Å²) in [5.74, 6) is 0.432. The summed E-state index contributed by atoms with van der Waals surface area (Å²) >= 11 is 0. The third kappa shape index (κ3) is 7.69. The summed E-state index contributed by atoms with van der Waals surface area (Å²) in [5.41, 5.74) is 0.901. The van der Waals surface area contributed by atoms with E-state index in [2.05, 4.69) is 5.32 Å². The Kier molecular flexibility index (Phi) is 11.0. The Labute approximate surface area is 241 Å². The highest BCUT2D eigenvalue weighted by atomic mass is 32.2. The monoisotopic (exact) mass is 583 g/mol. The highest BCUT2D eigenvalue weighted by Crippen LogP contribution is 2.33. The largest absolute Gasteiger partial charge is 0.497 e. The summed E-state index contributed by atoms with van der Waals surface area (Å²) in [6.45, 7) is 3.47. The van der Waals surface area contributed by atoms with Crippen molar-refractivity contribution < 1.29 is 32.2 Å². The molecule has 0 aromatic heterocycles. The van der Waals surface area contributed by atoms with Gasteiger partial charge in [-0.15, -0.1) is 0 Å². The van der Waals surface area contributed by atoms with Crippen molar-refractivity contribution in [3.05, 3.63) is 78.4 Å². The van der Waals surface area contributed by atoms with Crippen LogP contribution in [-0.2, 0) is 26.2 Å². The maximum atomic E-state index is 14.0. The van der Waals surface area contributed by atoms with E-state index in [0.29, 0.717) is 18.0 Å². The molecule has 0 heterocycles. The molecule has 0 aliphatic rings. The summed E-state index contributed by atoms with van der Waals surface area (Å²) < 4.78 is 45.0. The lowest BCUT2D eigenvalue weighted by Gasteiger charge is -2.32. The van der Waals surface area contributed by atoms with Crippen molar-refractivity contribution in [2.45, 2.75) is 37.8 Å². The smallest absolute Gasteiger partial charge is 0.264 e. The van der Waals surface area contributed by atoms with Gasteiger partial charge < -0.3 is 24.4 Å². The van der Waals surface area contributed by atoms with Crippen LogP contribution in [-0.4, -0.2) is 65.6 Å². The van der Waals surface area contributed by atoms with E-state index >= 15 is 0 Å². The maximum absolute atomic E-state index is 14.0. The van der Waals surface area contributed by atoms with Gasteiger partial charge in [-0.25, -0.2) is 8.42 Å². The van der Waals surface area contributed by atoms with Crippen LogP contribution in [0.2, 0.25) is 0 Å². The van der Waals surface area contributed by atoms with Crippen molar-refractivity contribution in [2.75, 3.05) is 38.7 Å². The van der Waals surface area contributed by atoms with Gasteiger partial charge in [0.2, 0.25) is 11.8 Å². The number of nitrogens with zero attached hydrogens (tertiary/aromatic N) is 2. The number of rotatable bonds is 14. The van der Waals surface area contributed by atoms with Crippen molar-refractivity contribution in [3.63, 3.8) is 0 Å². The minimum Gasteiger partial charge on any atom is -0.497 e. The molecule has 0 aliphatic heterocycles. The molecule has 0 unspecified atom stereocenters. The molecule has 0 spiro atoms. The lowest BCUT2D eigenvalue weighted by atomic mass is 10.1. The summed E-state index contributed by atoms with van der Waals surface area (Å²) in [4.78, 5) is 28.4. The fourth-order valence-electron chi connectivity index (χ4n) is 4.17. The maximum Gasteiger partial charge on any atom is 0.264 e. The zero-order valence-electron chi connectivity index (χ0n) is 24.0. The zero-order chi connectivity index (χ0) is 30.0. The lowest BCUT2D eigenvalue weighted by molar-refractivity contribution is -0.139. The van der Waals surface area contributed by atoms with Crippen molar-refractivity contribution >= 4 is 27.5 Å². The van der Waals surface area contributed by atoms with Gasteiger partial charge in [0.05, 0.1) is 31.9 Å². The number of anilines is 1. The lowest BCUT2D eigenvalue weighted by Crippen LogP contribution is -2.51. The molecule has 3 aromatic carbocycles. The number of nitrogens with one attached hydrogen (secondary N) is 1. The molecule has 3 aromatic rings. The fraction of sp³-hybridized carbons (Fsp3) is 0.333. The number of carbonyl (C=O) groups excluding carboxylic acids is 2. The molecule has 2 amide bonds. The second kappa shape index (κ2) is 14.4. The Bertz CT molecular complexity index is 1430. The predicted octanol–water partition coefficient (Wildman–Crippen LogP) is 3.85. The first-order chi connectivity index (χ1) is 19.7. The van der Waals surface area contributed by atoms with Crippen LogP contribution in [0.3, 0.4) is 0 Å². The molecule has 0 radical (unpaired) electrons. The average molecular weight is 584 g/mol. The number of carbonyl (C=O) groups is 2. The average Bonchev–Trinajstić information content (AvgIpc) is 3.00. The summed E-state index contributed by atoms with van der Waals surface area (Å²) in [7, 11) is 0.194. The molecule has 0 aliphatic carbocycles. The zero-order valence-corrected chi connectivity index (χ0v) is 24.8. The molecule has 0 bridgehead atoms. The van der Waals surface area contributed by atoms with Crippen LogP contribution in [0.25, 0.3) is 0 Å². The number of hydrogen-bond donors (Lipinski definition) is 1. The number of ether oxygens (including phenoxy) is 3. The molecule has 0 saturated heterocycles. The van der Waals surface area contributed by atoms with Gasteiger partial charge in [0.1, 0.15) is 29.8 Å². The number of sulfonamides is 1. The Balaban J connectivity index is 2.06. The molecule has 41 heavy (non-hydrogen) atoms. The molecule has 0 saturated carbocycles. The molecular formula is C30H37N3O7S. The van der Waals surface area contributed by atoms with Crippen LogP contribution in [0.4, 0.5) is 5.69 Å². The molecule has 0 fully saturated rings. The molecule has 10 nitrogen and oxygen atoms in total. The molecule has 11 heteroatoms. The van der Waals surface area contributed by atoms with E-state index in [1.54, 1.807) is 49.4 Å². The first-order valence-electron chi connectivity index (χ1n) is 13.2. The SMILES string of the molecule is CCCNC(=O)[C@H](C)N(Cc1cccc(OC)c1)C(=O)CN(c1ccccc1OC)S(=O)(=O)c1ccc(OC)cc1.